The Kier molecular flexibility index (Phi) is 5.42. The highest BCUT2D eigenvalue weighted by Gasteiger charge is 2.15. The molecule has 0 spiro atoms. The van der Waals surface area contributed by atoms with Crippen LogP contribution in [-0.2, 0) is 17.8 Å². The summed E-state index contributed by atoms with van der Waals surface area (Å²) >= 11 is 0. The van der Waals surface area contributed by atoms with Crippen LogP contribution in [0.1, 0.15) is 17.2 Å². The maximum Gasteiger partial charge on any atom is 0.250 e. The fourth-order valence-corrected chi connectivity index (χ4v) is 2.77. The van der Waals surface area contributed by atoms with Crippen molar-refractivity contribution in [2.75, 3.05) is 0 Å². The molecule has 4 nitrogen and oxygen atoms in total. The van der Waals surface area contributed by atoms with Crippen LogP contribution in [0, 0.1) is 0 Å². The molecular formula is C21H20N2O2. The SMILES string of the molecule is O=C(Cn1ccccc1=O)N[C@H](Cc1ccccc1)c1ccccc1. The van der Waals surface area contributed by atoms with Crippen LogP contribution in [0.5, 0.6) is 0 Å². The van der Waals surface area contributed by atoms with E-state index in [9.17, 15) is 9.59 Å². The van der Waals surface area contributed by atoms with Crippen molar-refractivity contribution in [3.8, 4) is 0 Å². The van der Waals surface area contributed by atoms with Gasteiger partial charge in [-0.2, -0.15) is 0 Å². The van der Waals surface area contributed by atoms with Gasteiger partial charge in [-0.05, 0) is 23.6 Å². The van der Waals surface area contributed by atoms with Crippen LogP contribution in [0.2, 0.25) is 0 Å². The van der Waals surface area contributed by atoms with Gasteiger partial charge in [0, 0.05) is 12.3 Å². The third-order valence-corrected chi connectivity index (χ3v) is 4.03. The fraction of sp³-hybridized carbons (Fsp3) is 0.143. The lowest BCUT2D eigenvalue weighted by atomic mass is 9.99. The predicted octanol–water partition coefficient (Wildman–Crippen LogP) is 2.95. The lowest BCUT2D eigenvalue weighted by molar-refractivity contribution is -0.122. The van der Waals surface area contributed by atoms with E-state index in [1.165, 1.54) is 10.6 Å². The maximum absolute atomic E-state index is 12.5. The average Bonchev–Trinajstić information content (AvgIpc) is 2.65. The van der Waals surface area contributed by atoms with E-state index in [1.54, 1.807) is 18.3 Å². The van der Waals surface area contributed by atoms with Crippen molar-refractivity contribution in [1.82, 2.24) is 9.88 Å². The number of carbonyl (C=O) groups excluding carboxylic acids is 1. The molecule has 126 valence electrons. The molecule has 1 amide bonds. The molecule has 1 atom stereocenters. The molecule has 0 saturated heterocycles. The Hall–Kier alpha value is -3.14. The van der Waals surface area contributed by atoms with Gasteiger partial charge in [-0.3, -0.25) is 9.59 Å². The molecule has 0 aliphatic heterocycles. The number of amides is 1. The molecule has 3 rings (SSSR count). The summed E-state index contributed by atoms with van der Waals surface area (Å²) in [5.74, 6) is -0.182. The van der Waals surface area contributed by atoms with Gasteiger partial charge in [0.2, 0.25) is 5.91 Å². The molecule has 0 aliphatic carbocycles. The molecule has 4 heteroatoms. The monoisotopic (exact) mass is 332 g/mol. The summed E-state index contributed by atoms with van der Waals surface area (Å²) in [6.07, 6.45) is 2.32. The zero-order valence-electron chi connectivity index (χ0n) is 13.8. The first-order valence-corrected chi connectivity index (χ1v) is 8.26. The van der Waals surface area contributed by atoms with E-state index in [0.29, 0.717) is 6.42 Å². The molecule has 1 N–H and O–H groups in total. The van der Waals surface area contributed by atoms with Crippen LogP contribution in [0.25, 0.3) is 0 Å². The van der Waals surface area contributed by atoms with E-state index < -0.39 is 0 Å². The Morgan fingerprint density at radius 1 is 0.880 bits per heavy atom. The van der Waals surface area contributed by atoms with Gasteiger partial charge in [-0.1, -0.05) is 66.7 Å². The predicted molar refractivity (Wildman–Crippen MR) is 98.2 cm³/mol. The van der Waals surface area contributed by atoms with E-state index in [-0.39, 0.29) is 24.1 Å². The standard InChI is InChI=1S/C21H20N2O2/c24-20(16-23-14-8-7-13-21(23)25)22-19(18-11-5-2-6-12-18)15-17-9-3-1-4-10-17/h1-14,19H,15-16H2,(H,22,24)/t19-/m1/s1. The smallest absolute Gasteiger partial charge is 0.250 e. The summed E-state index contributed by atoms with van der Waals surface area (Å²) in [4.78, 5) is 24.3. The Bertz CT molecular complexity index is 873. The van der Waals surface area contributed by atoms with Crippen molar-refractivity contribution in [2.24, 2.45) is 0 Å². The summed E-state index contributed by atoms with van der Waals surface area (Å²) in [7, 11) is 0. The Morgan fingerprint density at radius 2 is 1.52 bits per heavy atom. The molecule has 0 radical (unpaired) electrons. The molecule has 0 aliphatic rings. The van der Waals surface area contributed by atoms with Gasteiger partial charge < -0.3 is 9.88 Å². The lowest BCUT2D eigenvalue weighted by Crippen LogP contribution is -2.35. The van der Waals surface area contributed by atoms with Crippen molar-refractivity contribution in [3.05, 3.63) is 107 Å². The molecule has 0 bridgehead atoms. The second kappa shape index (κ2) is 8.11. The number of hydrogen-bond donors (Lipinski definition) is 1. The molecule has 2 aromatic carbocycles. The first-order chi connectivity index (χ1) is 12.2. The molecule has 1 aromatic heterocycles. The van der Waals surface area contributed by atoms with E-state index in [2.05, 4.69) is 5.32 Å². The molecule has 1 heterocycles. The van der Waals surface area contributed by atoms with E-state index in [1.807, 2.05) is 60.7 Å². The van der Waals surface area contributed by atoms with Gasteiger partial charge in [0.15, 0.2) is 0 Å². The van der Waals surface area contributed by atoms with E-state index in [4.69, 9.17) is 0 Å². The Morgan fingerprint density at radius 3 is 2.20 bits per heavy atom. The number of nitrogens with zero attached hydrogens (tertiary/aromatic N) is 1. The number of nitrogens with one attached hydrogen (secondary N) is 1. The Labute approximate surface area is 146 Å². The minimum atomic E-state index is -0.183. The number of benzene rings is 2. The van der Waals surface area contributed by atoms with Crippen molar-refractivity contribution in [3.63, 3.8) is 0 Å². The fourth-order valence-electron chi connectivity index (χ4n) is 2.77. The highest BCUT2D eigenvalue weighted by Crippen LogP contribution is 2.18. The molecule has 0 saturated carbocycles. The zero-order chi connectivity index (χ0) is 17.5. The van der Waals surface area contributed by atoms with Gasteiger partial charge in [-0.15, -0.1) is 0 Å². The van der Waals surface area contributed by atoms with Crippen molar-refractivity contribution in [1.29, 1.82) is 0 Å². The zero-order valence-corrected chi connectivity index (χ0v) is 13.8. The number of pyridine rings is 1. The third-order valence-electron chi connectivity index (χ3n) is 4.03. The number of rotatable bonds is 6. The van der Waals surface area contributed by atoms with Crippen molar-refractivity contribution >= 4 is 5.91 Å². The summed E-state index contributed by atoms with van der Waals surface area (Å²) in [5.41, 5.74) is 2.01. The number of aromatic nitrogens is 1. The van der Waals surface area contributed by atoms with Gasteiger partial charge >= 0.3 is 0 Å². The first-order valence-electron chi connectivity index (χ1n) is 8.26. The molecular weight excluding hydrogens is 312 g/mol. The minimum absolute atomic E-state index is 0.0117. The van der Waals surface area contributed by atoms with Gasteiger partial charge in [-0.25, -0.2) is 0 Å². The van der Waals surface area contributed by atoms with Gasteiger partial charge in [0.25, 0.3) is 5.56 Å². The van der Waals surface area contributed by atoms with Crippen LogP contribution in [0.15, 0.2) is 89.9 Å². The second-order valence-corrected chi connectivity index (χ2v) is 5.89. The maximum atomic E-state index is 12.5. The highest BCUT2D eigenvalue weighted by molar-refractivity contribution is 5.76. The summed E-state index contributed by atoms with van der Waals surface area (Å²) in [6.45, 7) is 0.0117. The largest absolute Gasteiger partial charge is 0.347 e. The van der Waals surface area contributed by atoms with Crippen LogP contribution in [0.3, 0.4) is 0 Å². The number of carbonyl (C=O) groups is 1. The van der Waals surface area contributed by atoms with Gasteiger partial charge in [0.1, 0.15) is 6.54 Å². The van der Waals surface area contributed by atoms with Crippen molar-refractivity contribution in [2.45, 2.75) is 19.0 Å². The normalized spacial score (nSPS) is 11.7. The van der Waals surface area contributed by atoms with Crippen LogP contribution in [0.4, 0.5) is 0 Å². The topological polar surface area (TPSA) is 51.1 Å². The van der Waals surface area contributed by atoms with E-state index in [0.717, 1.165) is 11.1 Å². The summed E-state index contributed by atoms with van der Waals surface area (Å²) < 4.78 is 1.40. The summed E-state index contributed by atoms with van der Waals surface area (Å²) in [6, 6.07) is 24.6. The Balaban J connectivity index is 1.76. The van der Waals surface area contributed by atoms with Crippen LogP contribution >= 0.6 is 0 Å². The second-order valence-electron chi connectivity index (χ2n) is 5.89. The number of hydrogen-bond acceptors (Lipinski definition) is 2. The first kappa shape index (κ1) is 16.7. The quantitative estimate of drug-likeness (QED) is 0.754. The van der Waals surface area contributed by atoms with Crippen LogP contribution in [-0.4, -0.2) is 10.5 Å². The molecule has 3 aromatic rings. The highest BCUT2D eigenvalue weighted by atomic mass is 16.2. The molecule has 0 unspecified atom stereocenters. The summed E-state index contributed by atoms with van der Waals surface area (Å²) in [5, 5.41) is 3.06. The minimum Gasteiger partial charge on any atom is -0.347 e. The van der Waals surface area contributed by atoms with Gasteiger partial charge in [0.05, 0.1) is 6.04 Å². The molecule has 25 heavy (non-hydrogen) atoms. The van der Waals surface area contributed by atoms with E-state index >= 15 is 0 Å². The third kappa shape index (κ3) is 4.67. The average molecular weight is 332 g/mol. The lowest BCUT2D eigenvalue weighted by Gasteiger charge is -2.20. The van der Waals surface area contributed by atoms with Crippen LogP contribution < -0.4 is 10.9 Å². The van der Waals surface area contributed by atoms with Crippen molar-refractivity contribution < 1.29 is 4.79 Å². The molecule has 0 fully saturated rings.